The molecule has 0 aromatic carbocycles. The van der Waals surface area contributed by atoms with E-state index in [-0.39, 0.29) is 0 Å². The topological polar surface area (TPSA) is 32.3 Å². The van der Waals surface area contributed by atoms with Gasteiger partial charge in [-0.15, -0.1) is 0 Å². The Kier molecular flexibility index (Phi) is 7.04. The molecule has 0 radical (unpaired) electrons. The van der Waals surface area contributed by atoms with Crippen LogP contribution in [0.3, 0.4) is 0 Å². The van der Waals surface area contributed by atoms with Crippen LogP contribution in [0.2, 0.25) is 0 Å². The van der Waals surface area contributed by atoms with E-state index in [0.29, 0.717) is 28.6 Å². The average Bonchev–Trinajstić information content (AvgIpc) is 2.27. The summed E-state index contributed by atoms with van der Waals surface area (Å²) in [5.41, 5.74) is 0.407. The maximum atomic E-state index is 9.05. The van der Waals surface area contributed by atoms with Gasteiger partial charge in [0.05, 0.1) is 0 Å². The summed E-state index contributed by atoms with van der Waals surface area (Å²) in [6.45, 7) is 10.7. The van der Waals surface area contributed by atoms with E-state index < -0.39 is 0 Å². The Balaban J connectivity index is 2.60. The van der Waals surface area contributed by atoms with Gasteiger partial charge in [-0.25, -0.2) is 0 Å². The Bertz CT molecular complexity index is 233. The SMILES string of the molecule is CCCNC1C(SC(C)CCO)CCCC1(C)C. The van der Waals surface area contributed by atoms with Crippen molar-refractivity contribution in [3.8, 4) is 0 Å². The molecular weight excluding hydrogens is 242 g/mol. The van der Waals surface area contributed by atoms with E-state index in [2.05, 4.69) is 44.8 Å². The molecule has 1 saturated carbocycles. The summed E-state index contributed by atoms with van der Waals surface area (Å²) in [6, 6.07) is 0.623. The lowest BCUT2D eigenvalue weighted by atomic mass is 9.73. The fourth-order valence-corrected chi connectivity index (χ4v) is 4.75. The second-order valence-electron chi connectivity index (χ2n) is 6.31. The van der Waals surface area contributed by atoms with Crippen molar-refractivity contribution < 1.29 is 5.11 Å². The van der Waals surface area contributed by atoms with Gasteiger partial charge < -0.3 is 10.4 Å². The predicted octanol–water partition coefficient (Wildman–Crippen LogP) is 3.44. The van der Waals surface area contributed by atoms with E-state index in [9.17, 15) is 0 Å². The summed E-state index contributed by atoms with van der Waals surface area (Å²) >= 11 is 2.08. The molecule has 3 atom stereocenters. The Hall–Kier alpha value is 0.270. The third-order valence-corrected chi connectivity index (χ3v) is 5.64. The van der Waals surface area contributed by atoms with E-state index in [1.165, 1.54) is 25.7 Å². The van der Waals surface area contributed by atoms with Crippen molar-refractivity contribution in [3.05, 3.63) is 0 Å². The normalized spacial score (nSPS) is 29.2. The van der Waals surface area contributed by atoms with Crippen molar-refractivity contribution in [3.63, 3.8) is 0 Å². The minimum absolute atomic E-state index is 0.317. The fraction of sp³-hybridized carbons (Fsp3) is 1.00. The van der Waals surface area contributed by atoms with E-state index in [1.54, 1.807) is 0 Å². The molecule has 108 valence electrons. The molecule has 0 spiro atoms. The molecule has 18 heavy (non-hydrogen) atoms. The molecule has 2 nitrogen and oxygen atoms in total. The lowest BCUT2D eigenvalue weighted by Crippen LogP contribution is -2.52. The van der Waals surface area contributed by atoms with Crippen molar-refractivity contribution in [2.24, 2.45) is 5.41 Å². The van der Waals surface area contributed by atoms with Gasteiger partial charge in [-0.05, 0) is 37.6 Å². The highest BCUT2D eigenvalue weighted by Crippen LogP contribution is 2.42. The summed E-state index contributed by atoms with van der Waals surface area (Å²) in [7, 11) is 0. The number of hydrogen-bond acceptors (Lipinski definition) is 3. The van der Waals surface area contributed by atoms with Crippen LogP contribution in [0.5, 0.6) is 0 Å². The molecule has 0 saturated heterocycles. The fourth-order valence-electron chi connectivity index (χ4n) is 2.99. The first-order valence-electron chi connectivity index (χ1n) is 7.51. The van der Waals surface area contributed by atoms with Gasteiger partial charge in [0, 0.05) is 23.1 Å². The van der Waals surface area contributed by atoms with Crippen molar-refractivity contribution >= 4 is 11.8 Å². The van der Waals surface area contributed by atoms with E-state index in [1.807, 2.05) is 0 Å². The summed E-state index contributed by atoms with van der Waals surface area (Å²) in [5.74, 6) is 0. The Morgan fingerprint density at radius 2 is 2.17 bits per heavy atom. The molecule has 1 aliphatic rings. The van der Waals surface area contributed by atoms with E-state index >= 15 is 0 Å². The number of nitrogens with one attached hydrogen (secondary N) is 1. The number of rotatable bonds is 7. The van der Waals surface area contributed by atoms with Crippen molar-refractivity contribution in [2.45, 2.75) is 76.3 Å². The monoisotopic (exact) mass is 273 g/mol. The minimum Gasteiger partial charge on any atom is -0.396 e. The third-order valence-electron chi connectivity index (χ3n) is 4.08. The van der Waals surface area contributed by atoms with Crippen LogP contribution < -0.4 is 5.32 Å². The number of thioether (sulfide) groups is 1. The first-order valence-corrected chi connectivity index (χ1v) is 8.45. The molecule has 3 unspecified atom stereocenters. The molecule has 0 aliphatic heterocycles. The van der Waals surface area contributed by atoms with E-state index in [0.717, 1.165) is 13.0 Å². The lowest BCUT2D eigenvalue weighted by molar-refractivity contribution is 0.174. The quantitative estimate of drug-likeness (QED) is 0.745. The maximum absolute atomic E-state index is 9.05. The number of aliphatic hydroxyl groups excluding tert-OH is 1. The second kappa shape index (κ2) is 7.76. The molecule has 2 N–H and O–H groups in total. The van der Waals surface area contributed by atoms with Crippen molar-refractivity contribution in [2.75, 3.05) is 13.2 Å². The second-order valence-corrected chi connectivity index (χ2v) is 7.99. The highest BCUT2D eigenvalue weighted by Gasteiger charge is 2.39. The molecule has 0 aromatic rings. The first-order chi connectivity index (χ1) is 8.51. The zero-order valence-electron chi connectivity index (χ0n) is 12.5. The molecule has 0 heterocycles. The van der Waals surface area contributed by atoms with Crippen LogP contribution in [-0.4, -0.2) is 34.8 Å². The predicted molar refractivity (Wildman–Crippen MR) is 82.3 cm³/mol. The van der Waals surface area contributed by atoms with E-state index in [4.69, 9.17) is 5.11 Å². The number of aliphatic hydroxyl groups is 1. The highest BCUT2D eigenvalue weighted by atomic mass is 32.2. The van der Waals surface area contributed by atoms with Crippen LogP contribution in [0.25, 0.3) is 0 Å². The Morgan fingerprint density at radius 1 is 1.44 bits per heavy atom. The smallest absolute Gasteiger partial charge is 0.0441 e. The van der Waals surface area contributed by atoms with Gasteiger partial charge in [-0.1, -0.05) is 34.1 Å². The molecule has 1 fully saturated rings. The first kappa shape index (κ1) is 16.3. The standard InChI is InChI=1S/C15H31NOS/c1-5-10-16-14-13(18-12(2)8-11-17)7-6-9-15(14,3)4/h12-14,16-17H,5-11H2,1-4H3. The van der Waals surface area contributed by atoms with Crippen molar-refractivity contribution in [1.82, 2.24) is 5.32 Å². The van der Waals surface area contributed by atoms with Gasteiger partial charge >= 0.3 is 0 Å². The average molecular weight is 273 g/mol. The van der Waals surface area contributed by atoms with Crippen LogP contribution in [0.4, 0.5) is 0 Å². The Labute approximate surface area is 117 Å². The molecule has 1 aliphatic carbocycles. The molecule has 3 heteroatoms. The zero-order chi connectivity index (χ0) is 13.6. The highest BCUT2D eigenvalue weighted by molar-refractivity contribution is 8.00. The van der Waals surface area contributed by atoms with Gasteiger partial charge in [0.15, 0.2) is 0 Å². The number of hydrogen-bond donors (Lipinski definition) is 2. The van der Waals surface area contributed by atoms with Crippen LogP contribution >= 0.6 is 11.8 Å². The summed E-state index contributed by atoms with van der Waals surface area (Å²) in [5, 5.41) is 14.1. The molecular formula is C15H31NOS. The summed E-state index contributed by atoms with van der Waals surface area (Å²) in [6.07, 6.45) is 6.13. The van der Waals surface area contributed by atoms with Crippen molar-refractivity contribution in [1.29, 1.82) is 0 Å². The van der Waals surface area contributed by atoms with Gasteiger partial charge in [-0.3, -0.25) is 0 Å². The third kappa shape index (κ3) is 4.75. The van der Waals surface area contributed by atoms with Gasteiger partial charge in [0.1, 0.15) is 0 Å². The summed E-state index contributed by atoms with van der Waals surface area (Å²) in [4.78, 5) is 0. The van der Waals surface area contributed by atoms with Gasteiger partial charge in [-0.2, -0.15) is 11.8 Å². The largest absolute Gasteiger partial charge is 0.396 e. The zero-order valence-corrected chi connectivity index (χ0v) is 13.4. The van der Waals surface area contributed by atoms with Crippen LogP contribution in [0, 0.1) is 5.41 Å². The minimum atomic E-state index is 0.317. The molecule has 0 bridgehead atoms. The van der Waals surface area contributed by atoms with Crippen LogP contribution in [-0.2, 0) is 0 Å². The van der Waals surface area contributed by atoms with Gasteiger partial charge in [0.2, 0.25) is 0 Å². The molecule has 1 rings (SSSR count). The molecule has 0 amide bonds. The Morgan fingerprint density at radius 3 is 2.78 bits per heavy atom. The van der Waals surface area contributed by atoms with Crippen LogP contribution in [0.15, 0.2) is 0 Å². The van der Waals surface area contributed by atoms with Gasteiger partial charge in [0.25, 0.3) is 0 Å². The molecule has 0 aromatic heterocycles. The maximum Gasteiger partial charge on any atom is 0.0441 e. The van der Waals surface area contributed by atoms with Crippen LogP contribution in [0.1, 0.15) is 59.8 Å². The lowest BCUT2D eigenvalue weighted by Gasteiger charge is -2.45. The summed E-state index contributed by atoms with van der Waals surface area (Å²) < 4.78 is 0.